The van der Waals surface area contributed by atoms with E-state index in [4.69, 9.17) is 5.73 Å². The fraction of sp³-hybridized carbons (Fsp3) is 1.00. The van der Waals surface area contributed by atoms with Gasteiger partial charge in [0, 0.05) is 11.0 Å². The minimum atomic E-state index is -0.638. The van der Waals surface area contributed by atoms with Gasteiger partial charge in [-0.3, -0.25) is 0 Å². The Bertz CT molecular complexity index is 65.4. The molecule has 0 aliphatic carbocycles. The largest absolute Gasteiger partial charge is 0.389 e. The Hall–Kier alpha value is 0.650. The number of hydrogen-bond acceptors (Lipinski definition) is 2. The summed E-state index contributed by atoms with van der Waals surface area (Å²) in [6.07, 6.45) is 0.782. The van der Waals surface area contributed by atoms with E-state index in [-0.39, 0.29) is 0 Å². The fourth-order valence-electron chi connectivity index (χ4n) is 0.306. The van der Waals surface area contributed by atoms with Crippen molar-refractivity contribution in [1.29, 1.82) is 0 Å². The van der Waals surface area contributed by atoms with E-state index in [0.717, 1.165) is 10.8 Å². The minimum absolute atomic E-state index is 0.357. The SMILES string of the molecule is CC(O)(CN)CCI. The number of halogens is 1. The van der Waals surface area contributed by atoms with Crippen molar-refractivity contribution in [2.24, 2.45) is 5.73 Å². The van der Waals surface area contributed by atoms with Crippen LogP contribution in [0.15, 0.2) is 0 Å². The Kier molecular flexibility index (Phi) is 3.93. The lowest BCUT2D eigenvalue weighted by Crippen LogP contribution is -2.34. The van der Waals surface area contributed by atoms with Crippen molar-refractivity contribution in [2.75, 3.05) is 11.0 Å². The van der Waals surface area contributed by atoms with Crippen molar-refractivity contribution in [1.82, 2.24) is 0 Å². The van der Waals surface area contributed by atoms with Gasteiger partial charge in [-0.15, -0.1) is 0 Å². The monoisotopic (exact) mass is 229 g/mol. The van der Waals surface area contributed by atoms with Crippen LogP contribution in [0.3, 0.4) is 0 Å². The highest BCUT2D eigenvalue weighted by Crippen LogP contribution is 2.07. The van der Waals surface area contributed by atoms with E-state index in [0.29, 0.717) is 6.54 Å². The van der Waals surface area contributed by atoms with Crippen LogP contribution in [0.1, 0.15) is 13.3 Å². The molecule has 1 atom stereocenters. The topological polar surface area (TPSA) is 46.2 Å². The lowest BCUT2D eigenvalue weighted by molar-refractivity contribution is 0.0672. The predicted molar refractivity (Wildman–Crippen MR) is 43.2 cm³/mol. The second kappa shape index (κ2) is 3.63. The molecule has 50 valence electrons. The van der Waals surface area contributed by atoms with E-state index in [1.807, 2.05) is 0 Å². The summed E-state index contributed by atoms with van der Waals surface area (Å²) in [4.78, 5) is 0. The highest BCUT2D eigenvalue weighted by Gasteiger charge is 2.15. The highest BCUT2D eigenvalue weighted by molar-refractivity contribution is 14.1. The Morgan fingerprint density at radius 1 is 1.75 bits per heavy atom. The first-order valence-electron chi connectivity index (χ1n) is 2.61. The van der Waals surface area contributed by atoms with Gasteiger partial charge in [-0.2, -0.15) is 0 Å². The molecular formula is C5H12INO. The Labute approximate surface area is 63.6 Å². The molecule has 0 aliphatic rings. The molecule has 0 amide bonds. The molecule has 0 rings (SSSR count). The van der Waals surface area contributed by atoms with Crippen LogP contribution >= 0.6 is 22.6 Å². The predicted octanol–water partition coefficient (Wildman–Crippen LogP) is 0.521. The molecule has 8 heavy (non-hydrogen) atoms. The third kappa shape index (κ3) is 3.63. The molecular weight excluding hydrogens is 217 g/mol. The van der Waals surface area contributed by atoms with E-state index >= 15 is 0 Å². The molecule has 3 N–H and O–H groups in total. The zero-order chi connectivity index (χ0) is 6.62. The van der Waals surface area contributed by atoms with Crippen LogP contribution in [-0.2, 0) is 0 Å². The van der Waals surface area contributed by atoms with Gasteiger partial charge in [0.25, 0.3) is 0 Å². The molecule has 0 saturated carbocycles. The summed E-state index contributed by atoms with van der Waals surface area (Å²) >= 11 is 2.22. The summed E-state index contributed by atoms with van der Waals surface area (Å²) in [5, 5.41) is 9.19. The van der Waals surface area contributed by atoms with Crippen molar-refractivity contribution in [2.45, 2.75) is 18.9 Å². The molecule has 2 nitrogen and oxygen atoms in total. The molecule has 0 heterocycles. The Morgan fingerprint density at radius 2 is 2.25 bits per heavy atom. The van der Waals surface area contributed by atoms with Crippen molar-refractivity contribution >= 4 is 22.6 Å². The Balaban J connectivity index is 3.37. The van der Waals surface area contributed by atoms with Crippen molar-refractivity contribution in [3.63, 3.8) is 0 Å². The molecule has 0 radical (unpaired) electrons. The van der Waals surface area contributed by atoms with Gasteiger partial charge in [0.05, 0.1) is 5.60 Å². The molecule has 0 aliphatic heterocycles. The summed E-state index contributed by atoms with van der Waals surface area (Å²) in [6.45, 7) is 2.11. The average Bonchev–Trinajstić information content (AvgIpc) is 1.67. The molecule has 1 unspecified atom stereocenters. The molecule has 0 aromatic heterocycles. The third-order valence-corrected chi connectivity index (χ3v) is 1.61. The molecule has 0 bridgehead atoms. The van der Waals surface area contributed by atoms with Crippen LogP contribution in [0.25, 0.3) is 0 Å². The molecule has 0 fully saturated rings. The molecule has 0 spiro atoms. The standard InChI is InChI=1S/C5H12INO/c1-5(8,4-7)2-3-6/h8H,2-4,7H2,1H3. The van der Waals surface area contributed by atoms with E-state index in [2.05, 4.69) is 22.6 Å². The average molecular weight is 229 g/mol. The zero-order valence-electron chi connectivity index (χ0n) is 5.02. The van der Waals surface area contributed by atoms with Crippen molar-refractivity contribution in [3.05, 3.63) is 0 Å². The van der Waals surface area contributed by atoms with Crippen molar-refractivity contribution in [3.8, 4) is 0 Å². The van der Waals surface area contributed by atoms with Crippen LogP contribution in [0.5, 0.6) is 0 Å². The number of hydrogen-bond donors (Lipinski definition) is 2. The van der Waals surface area contributed by atoms with Gasteiger partial charge in [-0.25, -0.2) is 0 Å². The number of rotatable bonds is 3. The zero-order valence-corrected chi connectivity index (χ0v) is 7.18. The number of nitrogens with two attached hydrogens (primary N) is 1. The van der Waals surface area contributed by atoms with Crippen LogP contribution in [0.2, 0.25) is 0 Å². The summed E-state index contributed by atoms with van der Waals surface area (Å²) in [6, 6.07) is 0. The summed E-state index contributed by atoms with van der Waals surface area (Å²) in [5.41, 5.74) is 4.60. The van der Waals surface area contributed by atoms with Crippen LogP contribution in [0, 0.1) is 0 Å². The van der Waals surface area contributed by atoms with Crippen LogP contribution in [0.4, 0.5) is 0 Å². The minimum Gasteiger partial charge on any atom is -0.389 e. The lowest BCUT2D eigenvalue weighted by Gasteiger charge is -2.18. The van der Waals surface area contributed by atoms with Gasteiger partial charge < -0.3 is 10.8 Å². The second-order valence-corrected chi connectivity index (χ2v) is 3.22. The van der Waals surface area contributed by atoms with Gasteiger partial charge in [-0.1, -0.05) is 22.6 Å². The fourth-order valence-corrected chi connectivity index (χ4v) is 1.47. The Morgan fingerprint density at radius 3 is 2.38 bits per heavy atom. The van der Waals surface area contributed by atoms with E-state index in [1.165, 1.54) is 0 Å². The van der Waals surface area contributed by atoms with Crippen LogP contribution < -0.4 is 5.73 Å². The maximum absolute atomic E-state index is 9.19. The highest BCUT2D eigenvalue weighted by atomic mass is 127. The first-order valence-corrected chi connectivity index (χ1v) is 4.13. The van der Waals surface area contributed by atoms with Crippen molar-refractivity contribution < 1.29 is 5.11 Å². The summed E-state index contributed by atoms with van der Waals surface area (Å²) in [7, 11) is 0. The van der Waals surface area contributed by atoms with Gasteiger partial charge in [0.2, 0.25) is 0 Å². The van der Waals surface area contributed by atoms with E-state index in [9.17, 15) is 5.11 Å². The smallest absolute Gasteiger partial charge is 0.0748 e. The van der Waals surface area contributed by atoms with Crippen LogP contribution in [-0.4, -0.2) is 21.7 Å². The molecule has 0 saturated heterocycles. The summed E-state index contributed by atoms with van der Waals surface area (Å²) < 4.78 is 0.960. The van der Waals surface area contributed by atoms with Gasteiger partial charge in [-0.05, 0) is 13.3 Å². The number of aliphatic hydroxyl groups is 1. The molecule has 3 heteroatoms. The number of alkyl halides is 1. The van der Waals surface area contributed by atoms with Gasteiger partial charge in [0.1, 0.15) is 0 Å². The first kappa shape index (κ1) is 8.65. The first-order chi connectivity index (χ1) is 3.62. The second-order valence-electron chi connectivity index (χ2n) is 2.14. The van der Waals surface area contributed by atoms with Gasteiger partial charge >= 0.3 is 0 Å². The lowest BCUT2D eigenvalue weighted by atomic mass is 10.1. The maximum atomic E-state index is 9.19. The quantitative estimate of drug-likeness (QED) is 0.547. The molecule has 0 aromatic carbocycles. The van der Waals surface area contributed by atoms with E-state index < -0.39 is 5.60 Å². The molecule has 0 aromatic rings. The normalized spacial score (nSPS) is 18.0. The van der Waals surface area contributed by atoms with E-state index in [1.54, 1.807) is 6.92 Å². The summed E-state index contributed by atoms with van der Waals surface area (Å²) in [5.74, 6) is 0. The third-order valence-electron chi connectivity index (χ3n) is 1.07. The maximum Gasteiger partial charge on any atom is 0.0748 e. The van der Waals surface area contributed by atoms with Gasteiger partial charge in [0.15, 0.2) is 0 Å².